The van der Waals surface area contributed by atoms with Gasteiger partial charge in [-0.25, -0.2) is 0 Å². The quantitative estimate of drug-likeness (QED) is 0.667. The number of hydrogen-bond acceptors (Lipinski definition) is 4. The number of nitrogen functional groups attached to an aromatic ring is 1. The van der Waals surface area contributed by atoms with E-state index < -0.39 is 0 Å². The Balaban J connectivity index is 1.85. The van der Waals surface area contributed by atoms with Gasteiger partial charge >= 0.3 is 5.97 Å². The van der Waals surface area contributed by atoms with Crippen molar-refractivity contribution in [2.45, 2.75) is 13.0 Å². The zero-order chi connectivity index (χ0) is 12.1. The minimum Gasteiger partial charge on any atom is -0.460 e. The molecule has 3 nitrogen and oxygen atoms in total. The minimum absolute atomic E-state index is 0.232. The number of benzene rings is 1. The van der Waals surface area contributed by atoms with Crippen LogP contribution >= 0.6 is 11.3 Å². The van der Waals surface area contributed by atoms with Crippen molar-refractivity contribution in [3.05, 3.63) is 52.2 Å². The summed E-state index contributed by atoms with van der Waals surface area (Å²) < 4.78 is 5.16. The third-order valence-electron chi connectivity index (χ3n) is 2.26. The van der Waals surface area contributed by atoms with Crippen LogP contribution in [0.25, 0.3) is 0 Å². The minimum atomic E-state index is -0.232. The Morgan fingerprint density at radius 3 is 2.88 bits per heavy atom. The summed E-state index contributed by atoms with van der Waals surface area (Å²) in [5.41, 5.74) is 7.17. The number of rotatable bonds is 4. The van der Waals surface area contributed by atoms with Crippen LogP contribution in [0.5, 0.6) is 0 Å². The Morgan fingerprint density at radius 2 is 2.18 bits per heavy atom. The summed E-state index contributed by atoms with van der Waals surface area (Å²) in [6.45, 7) is 0.346. The second kappa shape index (κ2) is 5.50. The van der Waals surface area contributed by atoms with Gasteiger partial charge in [0.25, 0.3) is 0 Å². The molecule has 1 aromatic carbocycles. The van der Waals surface area contributed by atoms with E-state index >= 15 is 0 Å². The van der Waals surface area contributed by atoms with Gasteiger partial charge in [0, 0.05) is 10.6 Å². The molecule has 0 fully saturated rings. The van der Waals surface area contributed by atoms with Gasteiger partial charge in [0.15, 0.2) is 0 Å². The molecule has 0 spiro atoms. The normalized spacial score (nSPS) is 10.1. The van der Waals surface area contributed by atoms with Crippen LogP contribution in [0, 0.1) is 0 Å². The molecule has 0 bridgehead atoms. The smallest absolute Gasteiger partial charge is 0.310 e. The van der Waals surface area contributed by atoms with Crippen LogP contribution in [-0.2, 0) is 22.6 Å². The first-order valence-electron chi connectivity index (χ1n) is 5.26. The first-order valence-corrected chi connectivity index (χ1v) is 6.14. The van der Waals surface area contributed by atoms with E-state index in [0.717, 1.165) is 10.4 Å². The molecule has 2 aromatic rings. The van der Waals surface area contributed by atoms with E-state index in [9.17, 15) is 4.79 Å². The number of carbonyl (C=O) groups is 1. The largest absolute Gasteiger partial charge is 0.460 e. The Bertz CT molecular complexity index is 494. The van der Waals surface area contributed by atoms with Crippen molar-refractivity contribution in [2.24, 2.45) is 0 Å². The third kappa shape index (κ3) is 3.60. The third-order valence-corrected chi connectivity index (χ3v) is 3.10. The van der Waals surface area contributed by atoms with Crippen molar-refractivity contribution < 1.29 is 9.53 Å². The van der Waals surface area contributed by atoms with Crippen LogP contribution in [0.4, 0.5) is 5.69 Å². The van der Waals surface area contributed by atoms with Crippen molar-refractivity contribution in [2.75, 3.05) is 5.73 Å². The molecule has 0 aliphatic heterocycles. The molecule has 17 heavy (non-hydrogen) atoms. The molecule has 1 aromatic heterocycles. The first kappa shape index (κ1) is 11.7. The molecule has 4 heteroatoms. The lowest BCUT2D eigenvalue weighted by atomic mass is 10.1. The van der Waals surface area contributed by atoms with E-state index in [2.05, 4.69) is 0 Å². The maximum atomic E-state index is 11.6. The highest BCUT2D eigenvalue weighted by atomic mass is 32.1. The standard InChI is InChI=1S/C13H13NO2S/c14-11-4-1-3-10(7-11)8-13(15)16-9-12-5-2-6-17-12/h1-7H,8-9,14H2. The molecule has 2 N–H and O–H groups in total. The number of hydrogen-bond donors (Lipinski definition) is 1. The average Bonchev–Trinajstić information content (AvgIpc) is 2.79. The second-order valence-corrected chi connectivity index (χ2v) is 4.69. The van der Waals surface area contributed by atoms with Crippen molar-refractivity contribution in [3.8, 4) is 0 Å². The average molecular weight is 247 g/mol. The molecule has 0 radical (unpaired) electrons. The van der Waals surface area contributed by atoms with E-state index in [1.807, 2.05) is 29.6 Å². The Hall–Kier alpha value is -1.81. The van der Waals surface area contributed by atoms with Gasteiger partial charge in [-0.1, -0.05) is 18.2 Å². The van der Waals surface area contributed by atoms with Gasteiger partial charge in [0.2, 0.25) is 0 Å². The van der Waals surface area contributed by atoms with Crippen molar-refractivity contribution >= 4 is 23.0 Å². The van der Waals surface area contributed by atoms with E-state index in [-0.39, 0.29) is 12.4 Å². The van der Waals surface area contributed by atoms with Crippen LogP contribution in [0.2, 0.25) is 0 Å². The van der Waals surface area contributed by atoms with Gasteiger partial charge in [0.1, 0.15) is 6.61 Å². The van der Waals surface area contributed by atoms with E-state index in [4.69, 9.17) is 10.5 Å². The van der Waals surface area contributed by atoms with Crippen LogP contribution in [0.1, 0.15) is 10.4 Å². The highest BCUT2D eigenvalue weighted by Crippen LogP contribution is 2.11. The van der Waals surface area contributed by atoms with E-state index in [0.29, 0.717) is 12.3 Å². The summed E-state index contributed by atoms with van der Waals surface area (Å²) in [5.74, 6) is -0.232. The van der Waals surface area contributed by atoms with Crippen molar-refractivity contribution in [1.29, 1.82) is 0 Å². The number of esters is 1. The highest BCUT2D eigenvalue weighted by molar-refractivity contribution is 7.09. The first-order chi connectivity index (χ1) is 8.24. The van der Waals surface area contributed by atoms with Crippen LogP contribution in [0.15, 0.2) is 41.8 Å². The molecule has 0 atom stereocenters. The fourth-order valence-corrected chi connectivity index (χ4v) is 2.08. The number of carbonyl (C=O) groups excluding carboxylic acids is 1. The molecule has 88 valence electrons. The predicted molar refractivity (Wildman–Crippen MR) is 68.7 cm³/mol. The van der Waals surface area contributed by atoms with Crippen LogP contribution in [0.3, 0.4) is 0 Å². The lowest BCUT2D eigenvalue weighted by Gasteiger charge is -2.04. The highest BCUT2D eigenvalue weighted by Gasteiger charge is 2.05. The van der Waals surface area contributed by atoms with Crippen molar-refractivity contribution in [3.63, 3.8) is 0 Å². The zero-order valence-electron chi connectivity index (χ0n) is 9.26. The molecule has 0 unspecified atom stereocenters. The molecule has 1 heterocycles. The lowest BCUT2D eigenvalue weighted by Crippen LogP contribution is -2.07. The number of anilines is 1. The molecular formula is C13H13NO2S. The van der Waals surface area contributed by atoms with E-state index in [1.54, 1.807) is 23.5 Å². The SMILES string of the molecule is Nc1cccc(CC(=O)OCc2cccs2)c1. The lowest BCUT2D eigenvalue weighted by molar-refractivity contribution is -0.144. The molecule has 2 rings (SSSR count). The van der Waals surface area contributed by atoms with Gasteiger partial charge in [-0.15, -0.1) is 11.3 Å². The number of thiophene rings is 1. The molecule has 0 aliphatic rings. The molecule has 0 aliphatic carbocycles. The predicted octanol–water partition coefficient (Wildman–Crippen LogP) is 2.62. The number of ether oxygens (including phenoxy) is 1. The van der Waals surface area contributed by atoms with Gasteiger partial charge in [0.05, 0.1) is 6.42 Å². The summed E-state index contributed by atoms with van der Waals surface area (Å²) >= 11 is 1.58. The fraction of sp³-hybridized carbons (Fsp3) is 0.154. The number of nitrogens with two attached hydrogens (primary N) is 1. The Morgan fingerprint density at radius 1 is 1.29 bits per heavy atom. The summed E-state index contributed by atoms with van der Waals surface area (Å²) in [6.07, 6.45) is 0.260. The molecule has 0 amide bonds. The van der Waals surface area contributed by atoms with E-state index in [1.165, 1.54) is 0 Å². The Labute approximate surface area is 104 Å². The summed E-state index contributed by atoms with van der Waals surface area (Å²) in [5, 5.41) is 1.96. The van der Waals surface area contributed by atoms with Crippen molar-refractivity contribution in [1.82, 2.24) is 0 Å². The molecular weight excluding hydrogens is 234 g/mol. The topological polar surface area (TPSA) is 52.3 Å². The van der Waals surface area contributed by atoms with Gasteiger partial charge in [-0.3, -0.25) is 4.79 Å². The monoisotopic (exact) mass is 247 g/mol. The maximum Gasteiger partial charge on any atom is 0.310 e. The van der Waals surface area contributed by atoms with Gasteiger partial charge in [-0.05, 0) is 29.1 Å². The summed E-state index contributed by atoms with van der Waals surface area (Å²) in [7, 11) is 0. The zero-order valence-corrected chi connectivity index (χ0v) is 10.1. The van der Waals surface area contributed by atoms with Gasteiger partial charge in [-0.2, -0.15) is 0 Å². The second-order valence-electron chi connectivity index (χ2n) is 3.66. The van der Waals surface area contributed by atoms with Crippen LogP contribution < -0.4 is 5.73 Å². The summed E-state index contributed by atoms with van der Waals surface area (Å²) in [4.78, 5) is 12.6. The summed E-state index contributed by atoms with van der Waals surface area (Å²) in [6, 6.07) is 11.1. The molecule has 0 saturated heterocycles. The Kier molecular flexibility index (Phi) is 3.77. The fourth-order valence-electron chi connectivity index (χ4n) is 1.47. The molecule has 0 saturated carbocycles. The maximum absolute atomic E-state index is 11.6. The van der Waals surface area contributed by atoms with Crippen LogP contribution in [-0.4, -0.2) is 5.97 Å². The van der Waals surface area contributed by atoms with Gasteiger partial charge < -0.3 is 10.5 Å².